The monoisotopic (exact) mass is 328 g/mol. The fourth-order valence-corrected chi connectivity index (χ4v) is 2.76. The van der Waals surface area contributed by atoms with Crippen LogP contribution in [0.15, 0.2) is 24.3 Å². The van der Waals surface area contributed by atoms with E-state index in [1.165, 1.54) is 0 Å². The molecule has 0 radical (unpaired) electrons. The lowest BCUT2D eigenvalue weighted by molar-refractivity contribution is 0.173. The number of sulfone groups is 1. The van der Waals surface area contributed by atoms with Gasteiger partial charge in [0.2, 0.25) is 0 Å². The van der Waals surface area contributed by atoms with E-state index >= 15 is 0 Å². The molecular weight excluding hydrogens is 304 g/mol. The smallest absolute Gasteiger partial charge is 0.319 e. The lowest BCUT2D eigenvalue weighted by Gasteiger charge is -2.14. The number of methoxy groups -OCH3 is 1. The van der Waals surface area contributed by atoms with Gasteiger partial charge in [0.1, 0.15) is 0 Å². The molecule has 0 unspecified atom stereocenters. The van der Waals surface area contributed by atoms with Crippen molar-refractivity contribution >= 4 is 21.6 Å². The number of ether oxygens (including phenoxy) is 1. The van der Waals surface area contributed by atoms with Crippen LogP contribution in [-0.4, -0.2) is 39.5 Å². The van der Waals surface area contributed by atoms with Crippen LogP contribution < -0.4 is 10.6 Å². The van der Waals surface area contributed by atoms with Gasteiger partial charge in [0, 0.05) is 12.8 Å². The van der Waals surface area contributed by atoms with Crippen molar-refractivity contribution in [3.8, 4) is 0 Å². The SMILES string of the molecule is COC[C@H](C)NC(=O)Nc1ccc(CS(=O)(=O)C(C)C)cc1. The lowest BCUT2D eigenvalue weighted by Crippen LogP contribution is -2.38. The number of carbonyl (C=O) groups excluding carboxylic acids is 1. The van der Waals surface area contributed by atoms with Crippen LogP contribution in [0.25, 0.3) is 0 Å². The molecule has 2 N–H and O–H groups in total. The molecule has 124 valence electrons. The number of urea groups is 1. The summed E-state index contributed by atoms with van der Waals surface area (Å²) in [7, 11) is -1.55. The minimum atomic E-state index is -3.12. The molecule has 0 saturated carbocycles. The Balaban J connectivity index is 2.60. The van der Waals surface area contributed by atoms with Gasteiger partial charge in [-0.25, -0.2) is 13.2 Å². The summed E-state index contributed by atoms with van der Waals surface area (Å²) in [5.41, 5.74) is 1.31. The first-order valence-corrected chi connectivity index (χ1v) is 8.83. The molecule has 6 nitrogen and oxygen atoms in total. The highest BCUT2D eigenvalue weighted by molar-refractivity contribution is 7.91. The van der Waals surface area contributed by atoms with E-state index in [0.29, 0.717) is 17.9 Å². The molecule has 0 fully saturated rings. The summed E-state index contributed by atoms with van der Waals surface area (Å²) in [5.74, 6) is 0.00200. The number of amides is 2. The summed E-state index contributed by atoms with van der Waals surface area (Å²) in [4.78, 5) is 11.7. The number of carbonyl (C=O) groups is 1. The Hall–Kier alpha value is -1.60. The third-order valence-electron chi connectivity index (χ3n) is 3.09. The van der Waals surface area contributed by atoms with Crippen LogP contribution in [0.5, 0.6) is 0 Å². The van der Waals surface area contributed by atoms with Crippen molar-refractivity contribution in [3.05, 3.63) is 29.8 Å². The molecule has 0 spiro atoms. The quantitative estimate of drug-likeness (QED) is 0.803. The third-order valence-corrected chi connectivity index (χ3v) is 5.26. The van der Waals surface area contributed by atoms with Crippen molar-refractivity contribution in [3.63, 3.8) is 0 Å². The fourth-order valence-electron chi connectivity index (χ4n) is 1.77. The minimum absolute atomic E-state index is 0.00200. The second-order valence-electron chi connectivity index (χ2n) is 5.51. The average molecular weight is 328 g/mol. The first kappa shape index (κ1) is 18.4. The van der Waals surface area contributed by atoms with Gasteiger partial charge in [-0.2, -0.15) is 0 Å². The van der Waals surface area contributed by atoms with E-state index in [1.807, 2.05) is 6.92 Å². The minimum Gasteiger partial charge on any atom is -0.383 e. The molecule has 0 heterocycles. The van der Waals surface area contributed by atoms with Gasteiger partial charge in [0.05, 0.1) is 23.7 Å². The maximum atomic E-state index is 11.9. The maximum absolute atomic E-state index is 11.9. The number of nitrogens with one attached hydrogen (secondary N) is 2. The van der Waals surface area contributed by atoms with Crippen molar-refractivity contribution in [2.75, 3.05) is 19.0 Å². The number of benzene rings is 1. The van der Waals surface area contributed by atoms with Gasteiger partial charge in [-0.3, -0.25) is 0 Å². The van der Waals surface area contributed by atoms with Gasteiger partial charge >= 0.3 is 6.03 Å². The highest BCUT2D eigenvalue weighted by atomic mass is 32.2. The predicted octanol–water partition coefficient (Wildman–Crippen LogP) is 2.17. The van der Waals surface area contributed by atoms with E-state index in [1.54, 1.807) is 45.2 Å². The van der Waals surface area contributed by atoms with Crippen LogP contribution in [0.2, 0.25) is 0 Å². The van der Waals surface area contributed by atoms with E-state index < -0.39 is 15.1 Å². The highest BCUT2D eigenvalue weighted by Gasteiger charge is 2.16. The van der Waals surface area contributed by atoms with E-state index in [9.17, 15) is 13.2 Å². The molecule has 0 aliphatic carbocycles. The van der Waals surface area contributed by atoms with Crippen LogP contribution in [0.3, 0.4) is 0 Å². The largest absolute Gasteiger partial charge is 0.383 e. The molecule has 1 rings (SSSR count). The predicted molar refractivity (Wildman–Crippen MR) is 87.7 cm³/mol. The van der Waals surface area contributed by atoms with Gasteiger partial charge in [0.15, 0.2) is 9.84 Å². The Morgan fingerprint density at radius 3 is 2.27 bits per heavy atom. The second kappa shape index (κ2) is 8.14. The van der Waals surface area contributed by atoms with Crippen LogP contribution in [0.1, 0.15) is 26.3 Å². The van der Waals surface area contributed by atoms with Crippen molar-refractivity contribution in [2.24, 2.45) is 0 Å². The Morgan fingerprint density at radius 1 is 1.18 bits per heavy atom. The second-order valence-corrected chi connectivity index (χ2v) is 8.06. The normalized spacial score (nSPS) is 13.0. The lowest BCUT2D eigenvalue weighted by atomic mass is 10.2. The summed E-state index contributed by atoms with van der Waals surface area (Å²) in [6.45, 7) is 5.59. The Bertz CT molecular complexity index is 582. The zero-order valence-electron chi connectivity index (χ0n) is 13.4. The van der Waals surface area contributed by atoms with Crippen LogP contribution in [0.4, 0.5) is 10.5 Å². The van der Waals surface area contributed by atoms with Gasteiger partial charge in [-0.15, -0.1) is 0 Å². The van der Waals surface area contributed by atoms with E-state index in [4.69, 9.17) is 4.74 Å². The van der Waals surface area contributed by atoms with Crippen molar-refractivity contribution in [1.29, 1.82) is 0 Å². The molecule has 0 aliphatic rings. The van der Waals surface area contributed by atoms with E-state index in [-0.39, 0.29) is 17.8 Å². The molecule has 1 atom stereocenters. The first-order valence-electron chi connectivity index (χ1n) is 7.11. The zero-order chi connectivity index (χ0) is 16.8. The molecular formula is C15H24N2O4S. The summed E-state index contributed by atoms with van der Waals surface area (Å²) in [6.07, 6.45) is 0. The summed E-state index contributed by atoms with van der Waals surface area (Å²) in [6, 6.07) is 6.35. The molecule has 2 amide bonds. The Labute approximate surface area is 132 Å². The van der Waals surface area contributed by atoms with Crippen LogP contribution in [-0.2, 0) is 20.3 Å². The average Bonchev–Trinajstić information content (AvgIpc) is 2.40. The molecule has 0 aliphatic heterocycles. The first-order chi connectivity index (χ1) is 10.2. The molecule has 1 aromatic carbocycles. The van der Waals surface area contributed by atoms with Crippen LogP contribution in [0, 0.1) is 0 Å². The molecule has 22 heavy (non-hydrogen) atoms. The molecule has 0 bridgehead atoms. The number of hydrogen-bond acceptors (Lipinski definition) is 4. The standard InChI is InChI=1S/C15H24N2O4S/c1-11(2)22(19,20)10-13-5-7-14(8-6-13)17-15(18)16-12(3)9-21-4/h5-8,11-12H,9-10H2,1-4H3,(H2,16,17,18)/t12-/m0/s1. The van der Waals surface area contributed by atoms with Crippen LogP contribution >= 0.6 is 0 Å². The van der Waals surface area contributed by atoms with E-state index in [2.05, 4.69) is 10.6 Å². The maximum Gasteiger partial charge on any atom is 0.319 e. The fraction of sp³-hybridized carbons (Fsp3) is 0.533. The van der Waals surface area contributed by atoms with Crippen molar-refractivity contribution < 1.29 is 17.9 Å². The third kappa shape index (κ3) is 6.03. The highest BCUT2D eigenvalue weighted by Crippen LogP contribution is 2.14. The van der Waals surface area contributed by atoms with Gasteiger partial charge in [-0.05, 0) is 38.5 Å². The number of rotatable bonds is 7. The van der Waals surface area contributed by atoms with Gasteiger partial charge in [-0.1, -0.05) is 12.1 Å². The molecule has 1 aromatic rings. The molecule has 0 aromatic heterocycles. The number of hydrogen-bond donors (Lipinski definition) is 2. The summed E-state index contributed by atoms with van der Waals surface area (Å²) in [5, 5.41) is 5.01. The number of anilines is 1. The molecule has 0 saturated heterocycles. The molecule has 7 heteroatoms. The topological polar surface area (TPSA) is 84.5 Å². The Morgan fingerprint density at radius 2 is 1.77 bits per heavy atom. The zero-order valence-corrected chi connectivity index (χ0v) is 14.2. The Kier molecular flexibility index (Phi) is 6.83. The van der Waals surface area contributed by atoms with E-state index in [0.717, 1.165) is 0 Å². The van der Waals surface area contributed by atoms with Crippen molar-refractivity contribution in [1.82, 2.24) is 5.32 Å². The summed E-state index contributed by atoms with van der Waals surface area (Å²) < 4.78 is 28.6. The summed E-state index contributed by atoms with van der Waals surface area (Å²) >= 11 is 0. The van der Waals surface area contributed by atoms with Crippen molar-refractivity contribution in [2.45, 2.75) is 37.8 Å². The van der Waals surface area contributed by atoms with Gasteiger partial charge < -0.3 is 15.4 Å². The van der Waals surface area contributed by atoms with Gasteiger partial charge in [0.25, 0.3) is 0 Å².